The maximum Gasteiger partial charge on any atom is 0.259 e. The minimum Gasteiger partial charge on any atom is -0.368 e. The fraction of sp³-hybridized carbons (Fsp3) is 0.412. The number of amides is 1. The van der Waals surface area contributed by atoms with E-state index in [4.69, 9.17) is 4.52 Å². The van der Waals surface area contributed by atoms with Gasteiger partial charge in [0.25, 0.3) is 5.91 Å². The van der Waals surface area contributed by atoms with Crippen LogP contribution in [0.15, 0.2) is 28.8 Å². The SMILES string of the molecule is Cc1cccc(N2CCN(C(=O)c3c(C)noc3C)CC2)c1. The van der Waals surface area contributed by atoms with Gasteiger partial charge in [-0.05, 0) is 38.5 Å². The van der Waals surface area contributed by atoms with Gasteiger partial charge in [-0.1, -0.05) is 17.3 Å². The Balaban J connectivity index is 1.68. The normalized spacial score (nSPS) is 15.2. The molecule has 1 amide bonds. The van der Waals surface area contributed by atoms with Crippen molar-refractivity contribution in [2.75, 3.05) is 31.1 Å². The Kier molecular flexibility index (Phi) is 3.88. The molecule has 0 atom stereocenters. The summed E-state index contributed by atoms with van der Waals surface area (Å²) in [4.78, 5) is 16.8. The highest BCUT2D eigenvalue weighted by Crippen LogP contribution is 2.20. The number of anilines is 1. The Labute approximate surface area is 130 Å². The van der Waals surface area contributed by atoms with E-state index in [-0.39, 0.29) is 5.91 Å². The zero-order chi connectivity index (χ0) is 15.7. The molecule has 2 heterocycles. The van der Waals surface area contributed by atoms with Gasteiger partial charge < -0.3 is 14.3 Å². The van der Waals surface area contributed by atoms with Crippen LogP contribution in [0, 0.1) is 20.8 Å². The summed E-state index contributed by atoms with van der Waals surface area (Å²) in [6.45, 7) is 8.83. The van der Waals surface area contributed by atoms with Crippen LogP contribution in [0.1, 0.15) is 27.4 Å². The molecule has 116 valence electrons. The monoisotopic (exact) mass is 299 g/mol. The summed E-state index contributed by atoms with van der Waals surface area (Å²) < 4.78 is 5.10. The molecule has 2 aromatic rings. The highest BCUT2D eigenvalue weighted by molar-refractivity contribution is 5.96. The Morgan fingerprint density at radius 1 is 1.14 bits per heavy atom. The second-order valence-electron chi connectivity index (χ2n) is 5.82. The molecule has 0 bridgehead atoms. The molecule has 1 aromatic carbocycles. The smallest absolute Gasteiger partial charge is 0.259 e. The maximum atomic E-state index is 12.6. The van der Waals surface area contributed by atoms with Crippen molar-refractivity contribution in [1.29, 1.82) is 0 Å². The Morgan fingerprint density at radius 3 is 2.45 bits per heavy atom. The summed E-state index contributed by atoms with van der Waals surface area (Å²) >= 11 is 0. The second kappa shape index (κ2) is 5.83. The van der Waals surface area contributed by atoms with Crippen LogP contribution in [0.2, 0.25) is 0 Å². The summed E-state index contributed by atoms with van der Waals surface area (Å²) in [5.41, 5.74) is 3.77. The fourth-order valence-electron chi connectivity index (χ4n) is 2.94. The van der Waals surface area contributed by atoms with Gasteiger partial charge in [0.05, 0.1) is 5.69 Å². The Bertz CT molecular complexity index is 665. The summed E-state index contributed by atoms with van der Waals surface area (Å²) in [5.74, 6) is 0.628. The second-order valence-corrected chi connectivity index (χ2v) is 5.82. The molecule has 22 heavy (non-hydrogen) atoms. The number of aromatic nitrogens is 1. The number of rotatable bonds is 2. The van der Waals surface area contributed by atoms with Gasteiger partial charge in [0.1, 0.15) is 11.3 Å². The maximum absolute atomic E-state index is 12.6. The third-order valence-electron chi connectivity index (χ3n) is 4.18. The van der Waals surface area contributed by atoms with E-state index in [1.54, 1.807) is 6.92 Å². The molecule has 0 radical (unpaired) electrons. The van der Waals surface area contributed by atoms with Crippen LogP contribution >= 0.6 is 0 Å². The molecule has 1 saturated heterocycles. The van der Waals surface area contributed by atoms with Gasteiger partial charge in [-0.2, -0.15) is 0 Å². The van der Waals surface area contributed by atoms with Crippen molar-refractivity contribution >= 4 is 11.6 Å². The van der Waals surface area contributed by atoms with Crippen molar-refractivity contribution in [3.8, 4) is 0 Å². The minimum atomic E-state index is 0.0279. The van der Waals surface area contributed by atoms with Gasteiger partial charge in [-0.3, -0.25) is 4.79 Å². The zero-order valence-electron chi connectivity index (χ0n) is 13.3. The number of benzene rings is 1. The quantitative estimate of drug-likeness (QED) is 0.855. The van der Waals surface area contributed by atoms with Crippen LogP contribution in [-0.4, -0.2) is 42.1 Å². The van der Waals surface area contributed by atoms with Crippen LogP contribution in [0.5, 0.6) is 0 Å². The van der Waals surface area contributed by atoms with E-state index in [1.807, 2.05) is 11.8 Å². The molecule has 1 aliphatic heterocycles. The number of aryl methyl sites for hydroxylation is 3. The van der Waals surface area contributed by atoms with Crippen molar-refractivity contribution in [2.45, 2.75) is 20.8 Å². The van der Waals surface area contributed by atoms with Gasteiger partial charge in [0, 0.05) is 31.9 Å². The minimum absolute atomic E-state index is 0.0279. The van der Waals surface area contributed by atoms with Crippen molar-refractivity contribution < 1.29 is 9.32 Å². The molecule has 0 unspecified atom stereocenters. The first-order valence-electron chi connectivity index (χ1n) is 7.60. The molecule has 1 fully saturated rings. The van der Waals surface area contributed by atoms with Gasteiger partial charge >= 0.3 is 0 Å². The lowest BCUT2D eigenvalue weighted by molar-refractivity contribution is 0.0744. The van der Waals surface area contributed by atoms with E-state index >= 15 is 0 Å². The number of nitrogens with zero attached hydrogens (tertiary/aromatic N) is 3. The van der Waals surface area contributed by atoms with E-state index < -0.39 is 0 Å². The largest absolute Gasteiger partial charge is 0.368 e. The van der Waals surface area contributed by atoms with Crippen molar-refractivity contribution in [2.24, 2.45) is 0 Å². The van der Waals surface area contributed by atoms with Gasteiger partial charge in [0.15, 0.2) is 0 Å². The molecule has 3 rings (SSSR count). The van der Waals surface area contributed by atoms with Crippen molar-refractivity contribution in [3.63, 3.8) is 0 Å². The third-order valence-corrected chi connectivity index (χ3v) is 4.18. The lowest BCUT2D eigenvalue weighted by Gasteiger charge is -2.36. The lowest BCUT2D eigenvalue weighted by Crippen LogP contribution is -2.49. The highest BCUT2D eigenvalue weighted by atomic mass is 16.5. The van der Waals surface area contributed by atoms with Crippen LogP contribution in [-0.2, 0) is 0 Å². The third kappa shape index (κ3) is 2.71. The molecule has 1 aliphatic rings. The number of hydrogen-bond acceptors (Lipinski definition) is 4. The Morgan fingerprint density at radius 2 is 1.86 bits per heavy atom. The number of carbonyl (C=O) groups excluding carboxylic acids is 1. The average Bonchev–Trinajstić information content (AvgIpc) is 2.86. The topological polar surface area (TPSA) is 49.6 Å². The molecule has 1 aromatic heterocycles. The lowest BCUT2D eigenvalue weighted by atomic mass is 10.1. The average molecular weight is 299 g/mol. The molecule has 5 heteroatoms. The van der Waals surface area contributed by atoms with Crippen molar-refractivity contribution in [1.82, 2.24) is 10.1 Å². The van der Waals surface area contributed by atoms with E-state index in [1.165, 1.54) is 11.3 Å². The molecule has 0 spiro atoms. The van der Waals surface area contributed by atoms with Gasteiger partial charge in [0.2, 0.25) is 0 Å². The Hall–Kier alpha value is -2.30. The summed E-state index contributed by atoms with van der Waals surface area (Å²) in [5, 5.41) is 3.87. The van der Waals surface area contributed by atoms with Crippen molar-refractivity contribution in [3.05, 3.63) is 46.8 Å². The molecule has 0 saturated carbocycles. The predicted molar refractivity (Wildman–Crippen MR) is 85.3 cm³/mol. The molecular weight excluding hydrogens is 278 g/mol. The first kappa shape index (κ1) is 14.6. The summed E-state index contributed by atoms with van der Waals surface area (Å²) in [6.07, 6.45) is 0. The molecular formula is C17H21N3O2. The first-order chi connectivity index (χ1) is 10.6. The number of carbonyl (C=O) groups is 1. The van der Waals surface area contributed by atoms with Crippen LogP contribution < -0.4 is 4.90 Å². The van der Waals surface area contributed by atoms with E-state index in [0.717, 1.165) is 26.2 Å². The molecule has 0 N–H and O–H groups in total. The van der Waals surface area contributed by atoms with Crippen LogP contribution in [0.4, 0.5) is 5.69 Å². The van der Waals surface area contributed by atoms with Gasteiger partial charge in [-0.25, -0.2) is 0 Å². The van der Waals surface area contributed by atoms with Crippen LogP contribution in [0.3, 0.4) is 0 Å². The molecule has 0 aliphatic carbocycles. The standard InChI is InChI=1S/C17H21N3O2/c1-12-5-4-6-15(11-12)19-7-9-20(10-8-19)17(21)16-13(2)18-22-14(16)3/h4-6,11H,7-10H2,1-3H3. The number of piperazine rings is 1. The first-order valence-corrected chi connectivity index (χ1v) is 7.60. The summed E-state index contributed by atoms with van der Waals surface area (Å²) in [7, 11) is 0. The highest BCUT2D eigenvalue weighted by Gasteiger charge is 2.26. The summed E-state index contributed by atoms with van der Waals surface area (Å²) in [6, 6.07) is 8.48. The number of hydrogen-bond donors (Lipinski definition) is 0. The predicted octanol–water partition coefficient (Wildman–Crippen LogP) is 2.56. The van der Waals surface area contributed by atoms with Gasteiger partial charge in [-0.15, -0.1) is 0 Å². The van der Waals surface area contributed by atoms with E-state index in [2.05, 4.69) is 41.2 Å². The van der Waals surface area contributed by atoms with E-state index in [0.29, 0.717) is 17.0 Å². The fourth-order valence-corrected chi connectivity index (χ4v) is 2.94. The zero-order valence-corrected chi connectivity index (χ0v) is 13.3. The molecule has 5 nitrogen and oxygen atoms in total. The van der Waals surface area contributed by atoms with Crippen LogP contribution in [0.25, 0.3) is 0 Å². The van der Waals surface area contributed by atoms with E-state index in [9.17, 15) is 4.79 Å².